The molecule has 5 N–H and O–H groups in total. The lowest BCUT2D eigenvalue weighted by Crippen LogP contribution is -2.28. The monoisotopic (exact) mass is 410 g/mol. The molecule has 0 fully saturated rings. The Morgan fingerprint density at radius 2 is 1.63 bits per heavy atom. The smallest absolute Gasteiger partial charge is 0.404 e. The number of benzene rings is 2. The number of aromatic nitrogens is 1. The van der Waals surface area contributed by atoms with Crippen LogP contribution in [0, 0.1) is 0 Å². The van der Waals surface area contributed by atoms with E-state index in [0.29, 0.717) is 17.6 Å². The Bertz CT molecular complexity index is 1090. The average Bonchev–Trinajstić information content (AvgIpc) is 2.73. The molecule has 0 aliphatic rings. The van der Waals surface area contributed by atoms with E-state index in [1.807, 2.05) is 24.3 Å². The van der Waals surface area contributed by atoms with Crippen LogP contribution in [0.3, 0.4) is 0 Å². The van der Waals surface area contributed by atoms with Crippen LogP contribution in [0.1, 0.15) is 25.7 Å². The molecule has 1 heterocycles. The number of nitrogens with one attached hydrogen (secondary N) is 4. The predicted octanol–water partition coefficient (Wildman–Crippen LogP) is 3.04. The summed E-state index contributed by atoms with van der Waals surface area (Å²) in [6, 6.07) is 12.8. The van der Waals surface area contributed by atoms with Gasteiger partial charge in [-0.2, -0.15) is 0 Å². The molecule has 0 atom stereocenters. The molecule has 8 heteroatoms. The first-order valence-electron chi connectivity index (χ1n) is 10.1. The summed E-state index contributed by atoms with van der Waals surface area (Å²) < 4.78 is 0. The topological polar surface area (TPSA) is 123 Å². The number of amides is 2. The number of unbranched alkanes of at least 4 members (excludes halogenated alkanes) is 3. The van der Waals surface area contributed by atoms with Gasteiger partial charge in [0, 0.05) is 28.5 Å². The minimum atomic E-state index is -0.990. The molecule has 3 aromatic rings. The van der Waals surface area contributed by atoms with E-state index in [4.69, 9.17) is 5.11 Å². The second kappa shape index (κ2) is 10.4. The Labute approximate surface area is 173 Å². The van der Waals surface area contributed by atoms with Gasteiger partial charge < -0.3 is 26.0 Å². The first kappa shape index (κ1) is 21.3. The molecule has 0 spiro atoms. The standard InChI is InChI=1S/C22H26N4O4/c27-20(14-23-11-5-1-2-6-12-24-22(29)30)25-15-9-10-19-18(13-15)16-7-3-4-8-17(16)21(28)26-19/h3-4,7-10,13,23-24H,1-2,5-6,11-12,14H2,(H,25,27)(H,26,28)(H,29,30). The lowest BCUT2D eigenvalue weighted by atomic mass is 10.1. The Balaban J connectivity index is 1.46. The lowest BCUT2D eigenvalue weighted by molar-refractivity contribution is -0.115. The fourth-order valence-corrected chi connectivity index (χ4v) is 3.39. The molecule has 0 unspecified atom stereocenters. The van der Waals surface area contributed by atoms with Crippen molar-refractivity contribution < 1.29 is 14.7 Å². The van der Waals surface area contributed by atoms with E-state index >= 15 is 0 Å². The lowest BCUT2D eigenvalue weighted by Gasteiger charge is -2.09. The molecule has 1 aromatic heterocycles. The van der Waals surface area contributed by atoms with E-state index in [1.54, 1.807) is 18.2 Å². The van der Waals surface area contributed by atoms with Gasteiger partial charge in [-0.3, -0.25) is 9.59 Å². The summed E-state index contributed by atoms with van der Waals surface area (Å²) in [5.41, 5.74) is 1.28. The van der Waals surface area contributed by atoms with Gasteiger partial charge in [0.15, 0.2) is 0 Å². The third-order valence-electron chi connectivity index (χ3n) is 4.86. The summed E-state index contributed by atoms with van der Waals surface area (Å²) >= 11 is 0. The first-order valence-corrected chi connectivity index (χ1v) is 10.1. The van der Waals surface area contributed by atoms with Crippen molar-refractivity contribution in [1.29, 1.82) is 0 Å². The van der Waals surface area contributed by atoms with Crippen LogP contribution in [-0.4, -0.2) is 41.7 Å². The quantitative estimate of drug-likeness (QED) is 0.260. The summed E-state index contributed by atoms with van der Waals surface area (Å²) in [6.07, 6.45) is 2.67. The SMILES string of the molecule is O=C(O)NCCCCCCNCC(=O)Nc1ccc2[nH]c(=O)c3ccccc3c2c1. The maximum absolute atomic E-state index is 12.2. The van der Waals surface area contributed by atoms with Crippen molar-refractivity contribution in [3.05, 3.63) is 52.8 Å². The van der Waals surface area contributed by atoms with Crippen LogP contribution in [0.15, 0.2) is 47.3 Å². The molecule has 0 bridgehead atoms. The van der Waals surface area contributed by atoms with Crippen molar-refractivity contribution in [3.63, 3.8) is 0 Å². The predicted molar refractivity (Wildman–Crippen MR) is 118 cm³/mol. The number of hydrogen-bond donors (Lipinski definition) is 5. The number of rotatable bonds is 10. The highest BCUT2D eigenvalue weighted by molar-refractivity contribution is 6.07. The maximum atomic E-state index is 12.2. The number of pyridine rings is 1. The molecule has 2 aromatic carbocycles. The van der Waals surface area contributed by atoms with E-state index in [9.17, 15) is 14.4 Å². The molecule has 158 valence electrons. The van der Waals surface area contributed by atoms with Crippen LogP contribution >= 0.6 is 0 Å². The number of carbonyl (C=O) groups is 2. The highest BCUT2D eigenvalue weighted by Crippen LogP contribution is 2.24. The number of H-pyrrole nitrogens is 1. The van der Waals surface area contributed by atoms with Gasteiger partial charge in [-0.05, 0) is 49.0 Å². The van der Waals surface area contributed by atoms with Gasteiger partial charge in [-0.15, -0.1) is 0 Å². The van der Waals surface area contributed by atoms with Gasteiger partial charge in [-0.1, -0.05) is 31.0 Å². The number of carboxylic acid groups (broad SMARTS) is 1. The van der Waals surface area contributed by atoms with Crippen LogP contribution < -0.4 is 21.5 Å². The molecular formula is C22H26N4O4. The van der Waals surface area contributed by atoms with Crippen molar-refractivity contribution >= 4 is 39.4 Å². The van der Waals surface area contributed by atoms with Crippen molar-refractivity contribution in [2.75, 3.05) is 25.0 Å². The summed E-state index contributed by atoms with van der Waals surface area (Å²) in [6.45, 7) is 1.41. The van der Waals surface area contributed by atoms with Crippen LogP contribution in [0.5, 0.6) is 0 Å². The minimum Gasteiger partial charge on any atom is -0.465 e. The van der Waals surface area contributed by atoms with Gasteiger partial charge in [0.05, 0.1) is 6.54 Å². The van der Waals surface area contributed by atoms with Gasteiger partial charge in [0.25, 0.3) is 5.56 Å². The van der Waals surface area contributed by atoms with Gasteiger partial charge in [0.1, 0.15) is 0 Å². The Kier molecular flexibility index (Phi) is 7.40. The molecule has 8 nitrogen and oxygen atoms in total. The Morgan fingerprint density at radius 3 is 2.40 bits per heavy atom. The zero-order valence-electron chi connectivity index (χ0n) is 16.7. The molecular weight excluding hydrogens is 384 g/mol. The number of carbonyl (C=O) groups excluding carboxylic acids is 1. The minimum absolute atomic E-state index is 0.128. The fraction of sp³-hybridized carbons (Fsp3) is 0.318. The number of anilines is 1. The van der Waals surface area contributed by atoms with Gasteiger partial charge in [0.2, 0.25) is 5.91 Å². The second-order valence-electron chi connectivity index (χ2n) is 7.13. The van der Waals surface area contributed by atoms with Gasteiger partial charge in [-0.25, -0.2) is 4.79 Å². The number of hydrogen-bond acceptors (Lipinski definition) is 4. The molecule has 0 radical (unpaired) electrons. The number of fused-ring (bicyclic) bond motifs is 3. The van der Waals surface area contributed by atoms with Crippen molar-refractivity contribution in [2.24, 2.45) is 0 Å². The highest BCUT2D eigenvalue weighted by Gasteiger charge is 2.07. The Morgan fingerprint density at radius 1 is 0.900 bits per heavy atom. The fourth-order valence-electron chi connectivity index (χ4n) is 3.39. The second-order valence-corrected chi connectivity index (χ2v) is 7.13. The molecule has 2 amide bonds. The maximum Gasteiger partial charge on any atom is 0.404 e. The molecule has 0 aliphatic carbocycles. The van der Waals surface area contributed by atoms with Crippen molar-refractivity contribution in [2.45, 2.75) is 25.7 Å². The van der Waals surface area contributed by atoms with E-state index in [-0.39, 0.29) is 18.0 Å². The largest absolute Gasteiger partial charge is 0.465 e. The zero-order valence-corrected chi connectivity index (χ0v) is 16.7. The van der Waals surface area contributed by atoms with Gasteiger partial charge >= 0.3 is 6.09 Å². The van der Waals surface area contributed by atoms with E-state index in [0.717, 1.165) is 48.5 Å². The summed E-state index contributed by atoms with van der Waals surface area (Å²) in [5.74, 6) is -0.131. The molecule has 0 saturated carbocycles. The first-order chi connectivity index (χ1) is 14.5. The van der Waals surface area contributed by atoms with Crippen LogP contribution in [0.25, 0.3) is 21.7 Å². The molecule has 3 rings (SSSR count). The molecule has 0 saturated heterocycles. The molecule has 0 aliphatic heterocycles. The number of aromatic amines is 1. The van der Waals surface area contributed by atoms with E-state index in [1.165, 1.54) is 0 Å². The van der Waals surface area contributed by atoms with Crippen LogP contribution in [0.4, 0.5) is 10.5 Å². The summed E-state index contributed by atoms with van der Waals surface area (Å²) in [5, 5.41) is 19.2. The molecule has 30 heavy (non-hydrogen) atoms. The van der Waals surface area contributed by atoms with Crippen LogP contribution in [-0.2, 0) is 4.79 Å². The third kappa shape index (κ3) is 5.81. The zero-order chi connectivity index (χ0) is 21.3. The summed E-state index contributed by atoms with van der Waals surface area (Å²) in [7, 11) is 0. The summed E-state index contributed by atoms with van der Waals surface area (Å²) in [4.78, 5) is 37.6. The van der Waals surface area contributed by atoms with E-state index in [2.05, 4.69) is 20.9 Å². The highest BCUT2D eigenvalue weighted by atomic mass is 16.4. The Hall–Kier alpha value is -3.39. The normalized spacial score (nSPS) is 10.9. The van der Waals surface area contributed by atoms with E-state index < -0.39 is 6.09 Å². The third-order valence-corrected chi connectivity index (χ3v) is 4.86. The van der Waals surface area contributed by atoms with Crippen LogP contribution in [0.2, 0.25) is 0 Å². The van der Waals surface area contributed by atoms with Crippen molar-refractivity contribution in [1.82, 2.24) is 15.6 Å². The average molecular weight is 410 g/mol. The van der Waals surface area contributed by atoms with Crippen molar-refractivity contribution in [3.8, 4) is 0 Å².